The third-order valence-electron chi connectivity index (χ3n) is 2.51. The molecule has 0 radical (unpaired) electrons. The number of nitrogens with zero attached hydrogens (tertiary/aromatic N) is 4. The van der Waals surface area contributed by atoms with Crippen molar-refractivity contribution in [1.82, 2.24) is 14.5 Å². The van der Waals surface area contributed by atoms with Gasteiger partial charge in [0.25, 0.3) is 0 Å². The SMILES string of the molecule is CCN(CC)C(=O)CCn1cnc([N+](=O)[O-])c1. The maximum Gasteiger partial charge on any atom is 0.381 e. The van der Waals surface area contributed by atoms with Gasteiger partial charge < -0.3 is 19.6 Å². The molecule has 17 heavy (non-hydrogen) atoms. The number of carbonyl (C=O) groups is 1. The lowest BCUT2D eigenvalue weighted by molar-refractivity contribution is -0.389. The summed E-state index contributed by atoms with van der Waals surface area (Å²) in [4.78, 5) is 26.9. The second-order valence-electron chi connectivity index (χ2n) is 3.54. The fourth-order valence-corrected chi connectivity index (χ4v) is 1.52. The van der Waals surface area contributed by atoms with E-state index in [2.05, 4.69) is 4.98 Å². The zero-order valence-corrected chi connectivity index (χ0v) is 10.00. The largest absolute Gasteiger partial charge is 0.381 e. The quantitative estimate of drug-likeness (QED) is 0.549. The molecule has 0 bridgehead atoms. The molecule has 1 aromatic rings. The summed E-state index contributed by atoms with van der Waals surface area (Å²) in [6.07, 6.45) is 3.03. The lowest BCUT2D eigenvalue weighted by atomic mass is 10.3. The van der Waals surface area contributed by atoms with E-state index in [0.717, 1.165) is 0 Å². The average Bonchev–Trinajstić information content (AvgIpc) is 2.76. The van der Waals surface area contributed by atoms with Crippen LogP contribution in [0.3, 0.4) is 0 Å². The van der Waals surface area contributed by atoms with Crippen LogP contribution in [-0.4, -0.2) is 38.4 Å². The van der Waals surface area contributed by atoms with Gasteiger partial charge in [0.1, 0.15) is 6.20 Å². The van der Waals surface area contributed by atoms with Crippen LogP contribution in [-0.2, 0) is 11.3 Å². The molecule has 1 heterocycles. The Labute approximate surface area is 99.2 Å². The minimum atomic E-state index is -0.553. The highest BCUT2D eigenvalue weighted by molar-refractivity contribution is 5.75. The van der Waals surface area contributed by atoms with Gasteiger partial charge in [-0.15, -0.1) is 0 Å². The highest BCUT2D eigenvalue weighted by atomic mass is 16.6. The molecule has 0 unspecified atom stereocenters. The fraction of sp³-hybridized carbons (Fsp3) is 0.600. The number of hydrogen-bond donors (Lipinski definition) is 0. The minimum Gasteiger partial charge on any atom is -0.358 e. The van der Waals surface area contributed by atoms with Crippen LogP contribution in [0.1, 0.15) is 20.3 Å². The second kappa shape index (κ2) is 5.97. The Morgan fingerprint density at radius 1 is 1.53 bits per heavy atom. The first-order chi connectivity index (χ1) is 8.08. The van der Waals surface area contributed by atoms with Gasteiger partial charge in [0, 0.05) is 26.1 Å². The number of carbonyl (C=O) groups excluding carboxylic acids is 1. The van der Waals surface area contributed by atoms with Gasteiger partial charge in [0.15, 0.2) is 0 Å². The molecule has 0 aromatic carbocycles. The standard InChI is InChI=1S/C10H16N4O3/c1-3-13(4-2)10(15)5-6-12-7-9(11-8-12)14(16)17/h7-8H,3-6H2,1-2H3. The van der Waals surface area contributed by atoms with E-state index in [-0.39, 0.29) is 11.7 Å². The van der Waals surface area contributed by atoms with Crippen LogP contribution in [0.5, 0.6) is 0 Å². The van der Waals surface area contributed by atoms with E-state index < -0.39 is 4.92 Å². The number of rotatable bonds is 6. The van der Waals surface area contributed by atoms with E-state index >= 15 is 0 Å². The molecular formula is C10H16N4O3. The van der Waals surface area contributed by atoms with E-state index in [1.807, 2.05) is 13.8 Å². The van der Waals surface area contributed by atoms with Crippen molar-refractivity contribution in [2.45, 2.75) is 26.8 Å². The fourth-order valence-electron chi connectivity index (χ4n) is 1.52. The molecule has 1 rings (SSSR count). The van der Waals surface area contributed by atoms with Gasteiger partial charge in [-0.25, -0.2) is 0 Å². The number of aromatic nitrogens is 2. The third kappa shape index (κ3) is 3.54. The molecule has 0 spiro atoms. The van der Waals surface area contributed by atoms with Crippen LogP contribution in [0.15, 0.2) is 12.5 Å². The molecule has 94 valence electrons. The second-order valence-corrected chi connectivity index (χ2v) is 3.54. The van der Waals surface area contributed by atoms with Crippen LogP contribution in [0.25, 0.3) is 0 Å². The topological polar surface area (TPSA) is 81.3 Å². The predicted octanol–water partition coefficient (Wildman–Crippen LogP) is 1.05. The monoisotopic (exact) mass is 240 g/mol. The summed E-state index contributed by atoms with van der Waals surface area (Å²) in [6.45, 7) is 5.61. The number of imidazole rings is 1. The first-order valence-electron chi connectivity index (χ1n) is 5.52. The lowest BCUT2D eigenvalue weighted by Gasteiger charge is -2.18. The molecule has 1 amide bonds. The summed E-state index contributed by atoms with van der Waals surface area (Å²) >= 11 is 0. The smallest absolute Gasteiger partial charge is 0.358 e. The maximum absolute atomic E-state index is 11.7. The summed E-state index contributed by atoms with van der Waals surface area (Å²) in [5.41, 5.74) is 0. The van der Waals surface area contributed by atoms with Crippen molar-refractivity contribution in [2.75, 3.05) is 13.1 Å². The molecule has 0 aliphatic heterocycles. The summed E-state index contributed by atoms with van der Waals surface area (Å²) < 4.78 is 1.56. The van der Waals surface area contributed by atoms with Gasteiger partial charge in [0.2, 0.25) is 12.2 Å². The predicted molar refractivity (Wildman–Crippen MR) is 61.4 cm³/mol. The molecule has 7 heteroatoms. The minimum absolute atomic E-state index is 0.0475. The Balaban J connectivity index is 2.49. The van der Waals surface area contributed by atoms with E-state index in [9.17, 15) is 14.9 Å². The van der Waals surface area contributed by atoms with Crippen LogP contribution in [0.2, 0.25) is 0 Å². The van der Waals surface area contributed by atoms with Crippen LogP contribution >= 0.6 is 0 Å². The maximum atomic E-state index is 11.7. The highest BCUT2D eigenvalue weighted by Crippen LogP contribution is 2.06. The molecule has 0 aliphatic rings. The summed E-state index contributed by atoms with van der Waals surface area (Å²) in [5, 5.41) is 10.4. The van der Waals surface area contributed by atoms with Gasteiger partial charge in [-0.05, 0) is 23.8 Å². The summed E-state index contributed by atoms with van der Waals surface area (Å²) in [7, 11) is 0. The molecule has 0 atom stereocenters. The zero-order valence-electron chi connectivity index (χ0n) is 10.00. The van der Waals surface area contributed by atoms with Crippen molar-refractivity contribution < 1.29 is 9.72 Å². The van der Waals surface area contributed by atoms with Crippen molar-refractivity contribution in [2.24, 2.45) is 0 Å². The van der Waals surface area contributed by atoms with Gasteiger partial charge in [-0.1, -0.05) is 0 Å². The Morgan fingerprint density at radius 2 is 2.18 bits per heavy atom. The van der Waals surface area contributed by atoms with Gasteiger partial charge >= 0.3 is 5.82 Å². The molecule has 7 nitrogen and oxygen atoms in total. The average molecular weight is 240 g/mol. The zero-order chi connectivity index (χ0) is 12.8. The Bertz CT molecular complexity index is 398. The van der Waals surface area contributed by atoms with Gasteiger partial charge in [-0.2, -0.15) is 0 Å². The van der Waals surface area contributed by atoms with Crippen molar-refractivity contribution in [3.05, 3.63) is 22.6 Å². The highest BCUT2D eigenvalue weighted by Gasteiger charge is 2.12. The van der Waals surface area contributed by atoms with Crippen LogP contribution in [0, 0.1) is 10.1 Å². The normalized spacial score (nSPS) is 10.2. The summed E-state index contributed by atoms with van der Waals surface area (Å²) in [5.74, 6) is -0.147. The van der Waals surface area contributed by atoms with Gasteiger partial charge in [0.05, 0.1) is 0 Å². The molecule has 0 fully saturated rings. The first-order valence-corrected chi connectivity index (χ1v) is 5.52. The number of nitro groups is 1. The van der Waals surface area contributed by atoms with Crippen molar-refractivity contribution >= 4 is 11.7 Å². The molecule has 0 saturated carbocycles. The van der Waals surface area contributed by atoms with Crippen molar-refractivity contribution in [3.63, 3.8) is 0 Å². The summed E-state index contributed by atoms with van der Waals surface area (Å²) in [6, 6.07) is 0. The van der Waals surface area contributed by atoms with Crippen LogP contribution in [0.4, 0.5) is 5.82 Å². The van der Waals surface area contributed by atoms with E-state index in [4.69, 9.17) is 0 Å². The molecular weight excluding hydrogens is 224 g/mol. The molecule has 0 saturated heterocycles. The number of amides is 1. The Morgan fingerprint density at radius 3 is 2.65 bits per heavy atom. The van der Waals surface area contributed by atoms with E-state index in [1.165, 1.54) is 12.5 Å². The Kier molecular flexibility index (Phi) is 4.62. The number of hydrogen-bond acceptors (Lipinski definition) is 4. The van der Waals surface area contributed by atoms with Gasteiger partial charge in [-0.3, -0.25) is 4.79 Å². The molecule has 0 aliphatic carbocycles. The van der Waals surface area contributed by atoms with Crippen molar-refractivity contribution in [1.29, 1.82) is 0 Å². The Hall–Kier alpha value is -1.92. The molecule has 1 aromatic heterocycles. The lowest BCUT2D eigenvalue weighted by Crippen LogP contribution is -2.30. The van der Waals surface area contributed by atoms with E-state index in [1.54, 1.807) is 9.47 Å². The first kappa shape index (κ1) is 13.1. The van der Waals surface area contributed by atoms with E-state index in [0.29, 0.717) is 26.1 Å². The van der Waals surface area contributed by atoms with Crippen molar-refractivity contribution in [3.8, 4) is 0 Å². The number of aryl methyl sites for hydroxylation is 1. The third-order valence-corrected chi connectivity index (χ3v) is 2.51. The molecule has 0 N–H and O–H groups in total. The van der Waals surface area contributed by atoms with Crippen LogP contribution < -0.4 is 0 Å².